The number of aromatic hydroxyl groups is 1. The number of aryl methyl sites for hydroxylation is 1. The number of carbonyl (C=O) groups is 1. The number of hydrogen-bond donors (Lipinski definition) is 2. The van der Waals surface area contributed by atoms with Gasteiger partial charge in [-0.15, -0.1) is 0 Å². The second kappa shape index (κ2) is 8.97. The SMILES string of the molecule is O=C1NCCCOCCCc2cnc3c(ccn3C3(CCCC3)Cn3cc(O)c(=O)c1n3)c2. The highest BCUT2D eigenvalue weighted by atomic mass is 16.5. The maximum Gasteiger partial charge on any atom is 0.275 e. The lowest BCUT2D eigenvalue weighted by atomic mass is 9.97. The smallest absolute Gasteiger partial charge is 0.275 e. The monoisotopic (exact) mass is 451 g/mol. The summed E-state index contributed by atoms with van der Waals surface area (Å²) in [5.41, 5.74) is 0.758. The number of nitrogens with one attached hydrogen (secondary N) is 1. The minimum atomic E-state index is -0.757. The van der Waals surface area contributed by atoms with Crippen LogP contribution in [0.3, 0.4) is 0 Å². The van der Waals surface area contributed by atoms with E-state index in [0.717, 1.165) is 49.6 Å². The van der Waals surface area contributed by atoms with Crippen LogP contribution in [-0.4, -0.2) is 50.1 Å². The van der Waals surface area contributed by atoms with Gasteiger partial charge in [0.15, 0.2) is 11.4 Å². The van der Waals surface area contributed by atoms with Crippen molar-refractivity contribution in [3.63, 3.8) is 0 Å². The van der Waals surface area contributed by atoms with Crippen molar-refractivity contribution in [2.24, 2.45) is 0 Å². The second-order valence-electron chi connectivity index (χ2n) is 9.09. The van der Waals surface area contributed by atoms with Gasteiger partial charge in [-0.25, -0.2) is 4.98 Å². The number of carbonyl (C=O) groups excluding carboxylic acids is 1. The van der Waals surface area contributed by atoms with Gasteiger partial charge in [0, 0.05) is 37.5 Å². The van der Waals surface area contributed by atoms with E-state index in [1.807, 2.05) is 6.20 Å². The summed E-state index contributed by atoms with van der Waals surface area (Å²) in [5, 5.41) is 18.4. The Bertz CT molecular complexity index is 1230. The molecule has 9 nitrogen and oxygen atoms in total. The number of ether oxygens (including phenoxy) is 1. The van der Waals surface area contributed by atoms with Gasteiger partial charge in [-0.3, -0.25) is 14.3 Å². The van der Waals surface area contributed by atoms with Crippen LogP contribution < -0.4 is 10.7 Å². The predicted octanol–water partition coefficient (Wildman–Crippen LogP) is 2.35. The van der Waals surface area contributed by atoms with Crippen molar-refractivity contribution in [3.05, 3.63) is 52.2 Å². The molecule has 6 rings (SSSR count). The highest BCUT2D eigenvalue weighted by Crippen LogP contribution is 2.40. The van der Waals surface area contributed by atoms with Gasteiger partial charge in [-0.1, -0.05) is 12.8 Å². The maximum absolute atomic E-state index is 12.6. The van der Waals surface area contributed by atoms with E-state index in [1.165, 1.54) is 16.4 Å². The summed E-state index contributed by atoms with van der Waals surface area (Å²) in [6.45, 7) is 1.95. The van der Waals surface area contributed by atoms with Gasteiger partial charge in [0.1, 0.15) is 5.65 Å². The summed E-state index contributed by atoms with van der Waals surface area (Å²) < 4.78 is 9.42. The van der Waals surface area contributed by atoms with E-state index in [2.05, 4.69) is 33.3 Å². The minimum Gasteiger partial charge on any atom is -0.503 e. The van der Waals surface area contributed by atoms with E-state index in [0.29, 0.717) is 32.7 Å². The molecule has 3 aromatic heterocycles. The molecule has 5 heterocycles. The first-order chi connectivity index (χ1) is 16.1. The first-order valence-corrected chi connectivity index (χ1v) is 11.7. The van der Waals surface area contributed by atoms with Gasteiger partial charge in [0.2, 0.25) is 0 Å². The van der Waals surface area contributed by atoms with Crippen molar-refractivity contribution in [2.45, 2.75) is 57.0 Å². The molecule has 0 atom stereocenters. The van der Waals surface area contributed by atoms with Crippen molar-refractivity contribution < 1.29 is 14.6 Å². The molecule has 3 aliphatic rings. The maximum atomic E-state index is 12.6. The zero-order chi connectivity index (χ0) is 22.8. The first kappa shape index (κ1) is 21.6. The molecule has 1 fully saturated rings. The van der Waals surface area contributed by atoms with E-state index in [-0.39, 0.29) is 11.2 Å². The van der Waals surface area contributed by atoms with Crippen molar-refractivity contribution in [1.29, 1.82) is 0 Å². The fourth-order valence-corrected chi connectivity index (χ4v) is 5.09. The summed E-state index contributed by atoms with van der Waals surface area (Å²) in [5.74, 6) is -1.05. The molecule has 0 saturated heterocycles. The Morgan fingerprint density at radius 3 is 2.79 bits per heavy atom. The van der Waals surface area contributed by atoms with Crippen LogP contribution in [0.5, 0.6) is 5.75 Å². The number of pyridine rings is 1. The number of amides is 1. The highest BCUT2D eigenvalue weighted by molar-refractivity contribution is 5.92. The minimum absolute atomic E-state index is 0.290. The molecule has 0 unspecified atom stereocenters. The van der Waals surface area contributed by atoms with Crippen LogP contribution in [0.15, 0.2) is 35.5 Å². The molecule has 1 spiro atoms. The van der Waals surface area contributed by atoms with E-state index in [9.17, 15) is 14.7 Å². The van der Waals surface area contributed by atoms with Crippen molar-refractivity contribution in [2.75, 3.05) is 19.8 Å². The largest absolute Gasteiger partial charge is 0.503 e. The summed E-state index contributed by atoms with van der Waals surface area (Å²) in [7, 11) is 0. The molecule has 0 radical (unpaired) electrons. The molecule has 174 valence electrons. The third kappa shape index (κ3) is 4.25. The predicted molar refractivity (Wildman–Crippen MR) is 122 cm³/mol. The lowest BCUT2D eigenvalue weighted by molar-refractivity contribution is 0.0930. The molecule has 9 heteroatoms. The lowest BCUT2D eigenvalue weighted by Crippen LogP contribution is -2.38. The Morgan fingerprint density at radius 1 is 1.12 bits per heavy atom. The molecule has 0 aromatic carbocycles. The van der Waals surface area contributed by atoms with Crippen molar-refractivity contribution in [1.82, 2.24) is 24.6 Å². The van der Waals surface area contributed by atoms with Crippen LogP contribution in [0, 0.1) is 0 Å². The summed E-state index contributed by atoms with van der Waals surface area (Å²) in [4.78, 5) is 29.9. The van der Waals surface area contributed by atoms with E-state index < -0.39 is 17.1 Å². The highest BCUT2D eigenvalue weighted by Gasteiger charge is 2.37. The molecule has 33 heavy (non-hydrogen) atoms. The molecule has 1 amide bonds. The topological polar surface area (TPSA) is 111 Å². The molecule has 3 aromatic rings. The number of rotatable bonds is 0. The van der Waals surface area contributed by atoms with E-state index in [4.69, 9.17) is 9.72 Å². The normalized spacial score (nSPS) is 19.5. The van der Waals surface area contributed by atoms with Crippen LogP contribution in [0.1, 0.15) is 54.6 Å². The van der Waals surface area contributed by atoms with Gasteiger partial charge in [-0.05, 0) is 49.8 Å². The first-order valence-electron chi connectivity index (χ1n) is 11.7. The Hall–Kier alpha value is -3.20. The van der Waals surface area contributed by atoms with Gasteiger partial charge in [0.25, 0.3) is 11.3 Å². The second-order valence-corrected chi connectivity index (χ2v) is 9.09. The van der Waals surface area contributed by atoms with E-state index in [1.54, 1.807) is 0 Å². The molecule has 2 aliphatic heterocycles. The third-order valence-corrected chi connectivity index (χ3v) is 6.75. The average Bonchev–Trinajstić information content (AvgIpc) is 3.44. The Morgan fingerprint density at radius 2 is 1.94 bits per heavy atom. The standard InChI is InChI=1S/C24H29N5O4/c30-19-15-28-16-24(7-1-2-8-24)29-10-6-18-13-17(14-26-22(18)29)5-3-11-33-12-4-9-25-23(32)20(27-28)21(19)31/h6,10,13-15,30H,1-5,7-9,11-12,16H2,(H,25,32). The molecular weight excluding hydrogens is 422 g/mol. The molecule has 1 saturated carbocycles. The number of aromatic nitrogens is 4. The fourth-order valence-electron chi connectivity index (χ4n) is 5.09. The average molecular weight is 452 g/mol. The van der Waals surface area contributed by atoms with Gasteiger partial charge in [-0.2, -0.15) is 5.10 Å². The molecule has 1 aliphatic carbocycles. The zero-order valence-corrected chi connectivity index (χ0v) is 18.6. The summed E-state index contributed by atoms with van der Waals surface area (Å²) >= 11 is 0. The molecule has 6 bridgehead atoms. The summed E-state index contributed by atoms with van der Waals surface area (Å²) in [6.07, 6.45) is 11.7. The quantitative estimate of drug-likeness (QED) is 0.543. The number of fused-ring (bicyclic) bond motifs is 9. The van der Waals surface area contributed by atoms with Crippen molar-refractivity contribution >= 4 is 16.9 Å². The van der Waals surface area contributed by atoms with Crippen LogP contribution in [0.4, 0.5) is 0 Å². The Balaban J connectivity index is 1.58. The van der Waals surface area contributed by atoms with Gasteiger partial charge >= 0.3 is 0 Å². The Kier molecular flexibility index (Phi) is 5.88. The molecule has 2 N–H and O–H groups in total. The Labute approximate surface area is 191 Å². The molecular formula is C24H29N5O4. The van der Waals surface area contributed by atoms with Gasteiger partial charge in [0.05, 0.1) is 18.3 Å². The van der Waals surface area contributed by atoms with Crippen LogP contribution in [-0.2, 0) is 23.2 Å². The van der Waals surface area contributed by atoms with Crippen LogP contribution >= 0.6 is 0 Å². The van der Waals surface area contributed by atoms with Crippen LogP contribution in [0.25, 0.3) is 11.0 Å². The third-order valence-electron chi connectivity index (χ3n) is 6.75. The number of nitrogens with zero attached hydrogens (tertiary/aromatic N) is 4. The zero-order valence-electron chi connectivity index (χ0n) is 18.6. The lowest BCUT2D eigenvalue weighted by Gasteiger charge is -2.32. The van der Waals surface area contributed by atoms with Crippen LogP contribution in [0.2, 0.25) is 0 Å². The summed E-state index contributed by atoms with van der Waals surface area (Å²) in [6, 6.07) is 4.29. The van der Waals surface area contributed by atoms with Crippen molar-refractivity contribution in [3.8, 4) is 5.75 Å². The van der Waals surface area contributed by atoms with E-state index >= 15 is 0 Å². The number of hydrogen-bond acceptors (Lipinski definition) is 6. The fraction of sp³-hybridized carbons (Fsp3) is 0.500. The van der Waals surface area contributed by atoms with Gasteiger partial charge < -0.3 is 19.7 Å².